The first-order valence-corrected chi connectivity index (χ1v) is 6.02. The predicted octanol–water partition coefficient (Wildman–Crippen LogP) is 0.0523. The molecule has 16 heavy (non-hydrogen) atoms. The summed E-state index contributed by atoms with van der Waals surface area (Å²) in [6.07, 6.45) is 1.62. The lowest BCUT2D eigenvalue weighted by molar-refractivity contribution is 0.0108. The van der Waals surface area contributed by atoms with E-state index in [1.165, 1.54) is 16.8 Å². The molecule has 0 saturated carbocycles. The summed E-state index contributed by atoms with van der Waals surface area (Å²) in [4.78, 5) is 24.6. The Kier molecular flexibility index (Phi) is 3.46. The lowest BCUT2D eigenvalue weighted by atomic mass is 10.2. The van der Waals surface area contributed by atoms with E-state index in [-0.39, 0.29) is 17.6 Å². The average molecular weight is 260 g/mol. The topological polar surface area (TPSA) is 64.1 Å². The summed E-state index contributed by atoms with van der Waals surface area (Å²) in [5.74, 6) is 0.558. The fraction of sp³-hybridized carbons (Fsp3) is 0.556. The van der Waals surface area contributed by atoms with E-state index >= 15 is 0 Å². The van der Waals surface area contributed by atoms with E-state index in [9.17, 15) is 9.59 Å². The maximum atomic E-state index is 11.5. The van der Waals surface area contributed by atoms with Crippen molar-refractivity contribution in [3.63, 3.8) is 0 Å². The highest BCUT2D eigenvalue weighted by Gasteiger charge is 2.33. The largest absolute Gasteiger partial charge is 0.353 e. The lowest BCUT2D eigenvalue weighted by Crippen LogP contribution is -2.31. The molecule has 1 unspecified atom stereocenters. The molecule has 0 amide bonds. The van der Waals surface area contributed by atoms with Crippen molar-refractivity contribution in [1.29, 1.82) is 0 Å². The Morgan fingerprint density at radius 3 is 2.88 bits per heavy atom. The van der Waals surface area contributed by atoms with Crippen molar-refractivity contribution in [2.24, 2.45) is 0 Å². The Hall–Kier alpha value is -0.660. The summed E-state index contributed by atoms with van der Waals surface area (Å²) in [6.45, 7) is 0. The molecule has 5 nitrogen and oxygen atoms in total. The van der Waals surface area contributed by atoms with Crippen molar-refractivity contribution in [2.75, 3.05) is 5.75 Å². The summed E-state index contributed by atoms with van der Waals surface area (Å²) < 4.78 is 6.99. The van der Waals surface area contributed by atoms with Gasteiger partial charge in [-0.3, -0.25) is 14.3 Å². The van der Waals surface area contributed by atoms with Gasteiger partial charge in [-0.15, -0.1) is 0 Å². The van der Waals surface area contributed by atoms with E-state index in [1.807, 2.05) is 0 Å². The minimum Gasteiger partial charge on any atom is -0.353 e. The van der Waals surface area contributed by atoms with Crippen LogP contribution in [-0.2, 0) is 4.74 Å². The molecule has 7 heteroatoms. The molecule has 1 aliphatic rings. The van der Waals surface area contributed by atoms with Crippen LogP contribution in [-0.4, -0.2) is 26.7 Å². The second-order valence-electron chi connectivity index (χ2n) is 3.63. The Labute approximate surface area is 103 Å². The zero-order valence-corrected chi connectivity index (χ0v) is 10.2. The molecule has 0 radical (unpaired) electrons. The van der Waals surface area contributed by atoms with Crippen molar-refractivity contribution < 1.29 is 4.74 Å². The van der Waals surface area contributed by atoms with Crippen LogP contribution in [0.4, 0.5) is 0 Å². The van der Waals surface area contributed by atoms with Gasteiger partial charge >= 0.3 is 5.69 Å². The molecule has 1 aromatic rings. The summed E-state index contributed by atoms with van der Waals surface area (Å²) in [7, 11) is 0. The molecule has 0 aliphatic carbocycles. The van der Waals surface area contributed by atoms with Gasteiger partial charge in [-0.25, -0.2) is 4.79 Å². The Morgan fingerprint density at radius 1 is 1.56 bits per heavy atom. The van der Waals surface area contributed by atoms with Crippen molar-refractivity contribution >= 4 is 25.3 Å². The van der Waals surface area contributed by atoms with Crippen molar-refractivity contribution in [1.82, 2.24) is 9.55 Å². The number of thiol groups is 2. The van der Waals surface area contributed by atoms with Gasteiger partial charge in [-0.1, -0.05) is 0 Å². The van der Waals surface area contributed by atoms with E-state index in [4.69, 9.17) is 4.74 Å². The molecule has 3 atom stereocenters. The quantitative estimate of drug-likeness (QED) is 0.659. The van der Waals surface area contributed by atoms with Crippen LogP contribution < -0.4 is 11.2 Å². The van der Waals surface area contributed by atoms with Gasteiger partial charge in [0.1, 0.15) is 6.23 Å². The third-order valence-electron chi connectivity index (χ3n) is 2.55. The molecule has 0 aromatic carbocycles. The van der Waals surface area contributed by atoms with Crippen LogP contribution in [0.15, 0.2) is 21.9 Å². The Morgan fingerprint density at radius 2 is 2.31 bits per heavy atom. The van der Waals surface area contributed by atoms with Crippen LogP contribution in [0.5, 0.6) is 0 Å². The minimum absolute atomic E-state index is 0.0568. The second kappa shape index (κ2) is 4.68. The van der Waals surface area contributed by atoms with E-state index in [0.29, 0.717) is 12.2 Å². The second-order valence-corrected chi connectivity index (χ2v) is 4.66. The highest BCUT2D eigenvalue weighted by atomic mass is 32.1. The van der Waals surface area contributed by atoms with Crippen molar-refractivity contribution in [3.05, 3.63) is 33.1 Å². The Balaban J connectivity index is 2.27. The molecule has 0 bridgehead atoms. The summed E-state index contributed by atoms with van der Waals surface area (Å²) >= 11 is 8.52. The SMILES string of the molecule is O=c1ccn([C@@H]2CC(S)[C@H](CS)O2)c(=O)[nH]1. The first-order valence-electron chi connectivity index (χ1n) is 4.87. The average Bonchev–Trinajstić information content (AvgIpc) is 2.59. The summed E-state index contributed by atoms with van der Waals surface area (Å²) in [6, 6.07) is 1.30. The third-order valence-corrected chi connectivity index (χ3v) is 3.45. The summed E-state index contributed by atoms with van der Waals surface area (Å²) in [5, 5.41) is 0.0568. The van der Waals surface area contributed by atoms with Gasteiger partial charge in [0.2, 0.25) is 0 Å². The van der Waals surface area contributed by atoms with Crippen LogP contribution in [0, 0.1) is 0 Å². The zero-order chi connectivity index (χ0) is 11.7. The van der Waals surface area contributed by atoms with Crippen LogP contribution in [0.2, 0.25) is 0 Å². The number of nitrogens with zero attached hydrogens (tertiary/aromatic N) is 1. The van der Waals surface area contributed by atoms with Crippen LogP contribution in [0.3, 0.4) is 0 Å². The lowest BCUT2D eigenvalue weighted by Gasteiger charge is -2.14. The highest BCUT2D eigenvalue weighted by molar-refractivity contribution is 7.81. The molecule has 88 valence electrons. The van der Waals surface area contributed by atoms with Gasteiger partial charge in [0.15, 0.2) is 0 Å². The van der Waals surface area contributed by atoms with Gasteiger partial charge in [0, 0.05) is 29.7 Å². The molecule has 0 spiro atoms. The van der Waals surface area contributed by atoms with E-state index in [0.717, 1.165) is 0 Å². The summed E-state index contributed by atoms with van der Waals surface area (Å²) in [5.41, 5.74) is -0.870. The number of H-pyrrole nitrogens is 1. The third kappa shape index (κ3) is 2.21. The Bertz CT molecular complexity index is 484. The van der Waals surface area contributed by atoms with Crippen molar-refractivity contribution in [2.45, 2.75) is 24.0 Å². The normalized spacial score (nSPS) is 29.5. The van der Waals surface area contributed by atoms with E-state index < -0.39 is 11.2 Å². The first kappa shape index (κ1) is 11.8. The molecule has 1 N–H and O–H groups in total. The smallest absolute Gasteiger partial charge is 0.330 e. The number of aromatic amines is 1. The zero-order valence-electron chi connectivity index (χ0n) is 8.37. The number of rotatable bonds is 2. The van der Waals surface area contributed by atoms with Gasteiger partial charge in [0.05, 0.1) is 6.10 Å². The molecular weight excluding hydrogens is 248 g/mol. The maximum absolute atomic E-state index is 11.5. The molecular formula is C9H12N2O3S2. The fourth-order valence-corrected chi connectivity index (χ4v) is 2.57. The number of hydrogen-bond acceptors (Lipinski definition) is 5. The highest BCUT2D eigenvalue weighted by Crippen LogP contribution is 2.31. The molecule has 1 saturated heterocycles. The standard InChI is InChI=1S/C9H12N2O3S2/c12-7-1-2-11(9(13)10-7)8-3-6(16)5(4-15)14-8/h1-2,5-6,8,15-16H,3-4H2,(H,10,12,13)/t5-,6?,8-/m0/s1. The van der Waals surface area contributed by atoms with Gasteiger partial charge in [0.25, 0.3) is 5.56 Å². The minimum atomic E-state index is -0.460. The van der Waals surface area contributed by atoms with Crippen LogP contribution in [0.1, 0.15) is 12.6 Å². The van der Waals surface area contributed by atoms with E-state index in [2.05, 4.69) is 30.2 Å². The van der Waals surface area contributed by atoms with Crippen LogP contribution in [0.25, 0.3) is 0 Å². The molecule has 1 fully saturated rings. The first-order chi connectivity index (χ1) is 7.61. The fourth-order valence-electron chi connectivity index (χ4n) is 1.70. The van der Waals surface area contributed by atoms with Crippen molar-refractivity contribution in [3.8, 4) is 0 Å². The number of ether oxygens (including phenoxy) is 1. The van der Waals surface area contributed by atoms with E-state index in [1.54, 1.807) is 0 Å². The monoisotopic (exact) mass is 260 g/mol. The predicted molar refractivity (Wildman–Crippen MR) is 66.5 cm³/mol. The maximum Gasteiger partial charge on any atom is 0.330 e. The van der Waals surface area contributed by atoms with Crippen LogP contribution >= 0.6 is 25.3 Å². The van der Waals surface area contributed by atoms with Gasteiger partial charge in [-0.2, -0.15) is 25.3 Å². The molecule has 2 rings (SSSR count). The van der Waals surface area contributed by atoms with Gasteiger partial charge < -0.3 is 4.74 Å². The number of nitrogens with one attached hydrogen (secondary N) is 1. The molecule has 2 heterocycles. The molecule has 1 aliphatic heterocycles. The van der Waals surface area contributed by atoms with Gasteiger partial charge in [-0.05, 0) is 0 Å². The molecule has 1 aromatic heterocycles. The number of hydrogen-bond donors (Lipinski definition) is 3. The number of aromatic nitrogens is 2.